The van der Waals surface area contributed by atoms with Crippen molar-refractivity contribution in [2.75, 3.05) is 32.8 Å². The molecular weight excluding hydrogens is 299 g/mol. The van der Waals surface area contributed by atoms with E-state index >= 15 is 0 Å². The molecule has 0 aliphatic carbocycles. The second kappa shape index (κ2) is 8.35. The van der Waals surface area contributed by atoms with Gasteiger partial charge in [0.1, 0.15) is 5.75 Å². The van der Waals surface area contributed by atoms with Gasteiger partial charge in [0, 0.05) is 24.7 Å². The van der Waals surface area contributed by atoms with Crippen LogP contribution in [0.4, 0.5) is 0 Å². The first-order valence-corrected chi connectivity index (χ1v) is 6.92. The molecule has 1 fully saturated rings. The van der Waals surface area contributed by atoms with Gasteiger partial charge in [-0.25, -0.2) is 0 Å². The van der Waals surface area contributed by atoms with Crippen molar-refractivity contribution in [3.63, 3.8) is 0 Å². The van der Waals surface area contributed by atoms with Gasteiger partial charge in [0.25, 0.3) is 5.91 Å². The number of rotatable bonds is 3. The molecule has 0 aromatic heterocycles. The van der Waals surface area contributed by atoms with Crippen molar-refractivity contribution in [1.82, 2.24) is 10.2 Å². The summed E-state index contributed by atoms with van der Waals surface area (Å²) < 4.78 is 5.53. The minimum Gasteiger partial charge on any atom is -0.484 e. The van der Waals surface area contributed by atoms with E-state index in [9.17, 15) is 4.79 Å². The van der Waals surface area contributed by atoms with Crippen molar-refractivity contribution in [1.29, 1.82) is 0 Å². The van der Waals surface area contributed by atoms with Crippen LogP contribution in [0, 0.1) is 6.92 Å². The maximum absolute atomic E-state index is 12.0. The molecular formula is C14H20Cl2N2O2. The molecule has 1 amide bonds. The van der Waals surface area contributed by atoms with Crippen LogP contribution in [0.3, 0.4) is 0 Å². The molecule has 1 N–H and O–H groups in total. The highest BCUT2D eigenvalue weighted by Gasteiger charge is 2.15. The third-order valence-corrected chi connectivity index (χ3v) is 3.61. The van der Waals surface area contributed by atoms with Gasteiger partial charge in [-0.3, -0.25) is 4.79 Å². The number of halogens is 2. The van der Waals surface area contributed by atoms with Gasteiger partial charge in [-0.2, -0.15) is 0 Å². The van der Waals surface area contributed by atoms with Gasteiger partial charge in [0.05, 0.1) is 0 Å². The Hall–Kier alpha value is -0.970. The Labute approximate surface area is 130 Å². The summed E-state index contributed by atoms with van der Waals surface area (Å²) in [5.74, 6) is 0.722. The van der Waals surface area contributed by atoms with Crippen molar-refractivity contribution in [3.05, 3.63) is 28.8 Å². The fraction of sp³-hybridized carbons (Fsp3) is 0.500. The molecule has 0 spiro atoms. The Morgan fingerprint density at radius 3 is 2.95 bits per heavy atom. The molecule has 112 valence electrons. The number of benzene rings is 1. The number of nitrogens with zero attached hydrogens (tertiary/aromatic N) is 1. The number of carbonyl (C=O) groups is 1. The number of carbonyl (C=O) groups excluding carboxylic acids is 1. The van der Waals surface area contributed by atoms with E-state index in [1.165, 1.54) is 0 Å². The SMILES string of the molecule is Cc1cc(OCC(=O)N2CCCNCC2)ccc1Cl.Cl. The highest BCUT2D eigenvalue weighted by Crippen LogP contribution is 2.21. The molecule has 1 aromatic rings. The van der Waals surface area contributed by atoms with Gasteiger partial charge in [0.2, 0.25) is 0 Å². The van der Waals surface area contributed by atoms with Gasteiger partial charge in [0.15, 0.2) is 6.61 Å². The minimum atomic E-state index is 0. The van der Waals surface area contributed by atoms with Gasteiger partial charge < -0.3 is 15.0 Å². The molecule has 1 aliphatic rings. The molecule has 0 bridgehead atoms. The van der Waals surface area contributed by atoms with E-state index in [1.807, 2.05) is 17.9 Å². The molecule has 1 aromatic carbocycles. The quantitative estimate of drug-likeness (QED) is 0.929. The zero-order valence-electron chi connectivity index (χ0n) is 11.5. The average molecular weight is 319 g/mol. The Morgan fingerprint density at radius 2 is 2.20 bits per heavy atom. The lowest BCUT2D eigenvalue weighted by Crippen LogP contribution is -2.37. The largest absolute Gasteiger partial charge is 0.484 e. The topological polar surface area (TPSA) is 41.6 Å². The van der Waals surface area contributed by atoms with Crippen molar-refractivity contribution < 1.29 is 9.53 Å². The summed E-state index contributed by atoms with van der Waals surface area (Å²) in [5.41, 5.74) is 0.950. The molecule has 1 heterocycles. The highest BCUT2D eigenvalue weighted by molar-refractivity contribution is 6.31. The van der Waals surface area contributed by atoms with E-state index in [0.717, 1.165) is 38.2 Å². The number of ether oxygens (including phenoxy) is 1. The van der Waals surface area contributed by atoms with E-state index < -0.39 is 0 Å². The van der Waals surface area contributed by atoms with Crippen LogP contribution in [0.5, 0.6) is 5.75 Å². The number of hydrogen-bond donors (Lipinski definition) is 1. The van der Waals surface area contributed by atoms with E-state index in [4.69, 9.17) is 16.3 Å². The highest BCUT2D eigenvalue weighted by atomic mass is 35.5. The summed E-state index contributed by atoms with van der Waals surface area (Å²) in [4.78, 5) is 13.9. The number of nitrogens with one attached hydrogen (secondary N) is 1. The van der Waals surface area contributed by atoms with Crippen LogP contribution >= 0.6 is 24.0 Å². The predicted octanol–water partition coefficient (Wildman–Crippen LogP) is 2.27. The first-order valence-electron chi connectivity index (χ1n) is 6.54. The van der Waals surface area contributed by atoms with Crippen molar-refractivity contribution in [2.24, 2.45) is 0 Å². The van der Waals surface area contributed by atoms with E-state index in [-0.39, 0.29) is 24.9 Å². The minimum absolute atomic E-state index is 0. The predicted molar refractivity (Wildman–Crippen MR) is 83.0 cm³/mol. The maximum atomic E-state index is 12.0. The van der Waals surface area contributed by atoms with Gasteiger partial charge in [-0.05, 0) is 43.7 Å². The first-order chi connectivity index (χ1) is 9.16. The van der Waals surface area contributed by atoms with Crippen LogP contribution in [0.1, 0.15) is 12.0 Å². The normalized spacial score (nSPS) is 15.2. The molecule has 2 rings (SSSR count). The Kier molecular flexibility index (Phi) is 7.13. The lowest BCUT2D eigenvalue weighted by Gasteiger charge is -2.20. The standard InChI is InChI=1S/C14H19ClN2O2.ClH/c1-11-9-12(3-4-13(11)15)19-10-14(18)17-7-2-5-16-6-8-17;/h3-4,9,16H,2,5-8,10H2,1H3;1H. The summed E-state index contributed by atoms with van der Waals surface area (Å²) in [6.07, 6.45) is 0.992. The molecule has 1 saturated heterocycles. The Balaban J connectivity index is 0.00000200. The molecule has 1 aliphatic heterocycles. The zero-order chi connectivity index (χ0) is 13.7. The zero-order valence-corrected chi connectivity index (χ0v) is 13.1. The van der Waals surface area contributed by atoms with Crippen molar-refractivity contribution in [3.8, 4) is 5.75 Å². The second-order valence-corrected chi connectivity index (χ2v) is 5.09. The van der Waals surface area contributed by atoms with Crippen molar-refractivity contribution in [2.45, 2.75) is 13.3 Å². The summed E-state index contributed by atoms with van der Waals surface area (Å²) in [6.45, 7) is 5.38. The molecule has 20 heavy (non-hydrogen) atoms. The third kappa shape index (κ3) is 4.85. The fourth-order valence-corrected chi connectivity index (χ4v) is 2.16. The summed E-state index contributed by atoms with van der Waals surface area (Å²) in [7, 11) is 0. The van der Waals surface area contributed by atoms with Crippen LogP contribution in [-0.4, -0.2) is 43.6 Å². The molecule has 4 nitrogen and oxygen atoms in total. The maximum Gasteiger partial charge on any atom is 0.260 e. The average Bonchev–Trinajstić information content (AvgIpc) is 2.69. The van der Waals surface area contributed by atoms with Crippen LogP contribution in [0.25, 0.3) is 0 Å². The molecule has 0 saturated carbocycles. The fourth-order valence-electron chi connectivity index (χ4n) is 2.04. The van der Waals surface area contributed by atoms with E-state index in [0.29, 0.717) is 10.8 Å². The van der Waals surface area contributed by atoms with E-state index in [2.05, 4.69) is 5.32 Å². The Morgan fingerprint density at radius 1 is 1.40 bits per heavy atom. The molecule has 0 radical (unpaired) electrons. The van der Waals surface area contributed by atoms with Crippen LogP contribution in [0.2, 0.25) is 5.02 Å². The number of aryl methyl sites for hydroxylation is 1. The van der Waals surface area contributed by atoms with Crippen LogP contribution in [0.15, 0.2) is 18.2 Å². The lowest BCUT2D eigenvalue weighted by molar-refractivity contribution is -0.133. The van der Waals surface area contributed by atoms with Crippen molar-refractivity contribution >= 4 is 29.9 Å². The van der Waals surface area contributed by atoms with Gasteiger partial charge in [-0.1, -0.05) is 11.6 Å². The summed E-state index contributed by atoms with van der Waals surface area (Å²) in [6, 6.07) is 5.42. The third-order valence-electron chi connectivity index (χ3n) is 3.18. The monoisotopic (exact) mass is 318 g/mol. The second-order valence-electron chi connectivity index (χ2n) is 4.68. The van der Waals surface area contributed by atoms with Gasteiger partial charge in [-0.15, -0.1) is 12.4 Å². The summed E-state index contributed by atoms with van der Waals surface area (Å²) >= 11 is 5.95. The Bertz CT molecular complexity index is 447. The molecule has 6 heteroatoms. The van der Waals surface area contributed by atoms with Crippen LogP contribution in [-0.2, 0) is 4.79 Å². The molecule has 0 unspecified atom stereocenters. The smallest absolute Gasteiger partial charge is 0.260 e. The molecule has 0 atom stereocenters. The number of hydrogen-bond acceptors (Lipinski definition) is 3. The first kappa shape index (κ1) is 17.1. The lowest BCUT2D eigenvalue weighted by atomic mass is 10.2. The number of amides is 1. The van der Waals surface area contributed by atoms with Gasteiger partial charge >= 0.3 is 0 Å². The van der Waals surface area contributed by atoms with E-state index in [1.54, 1.807) is 12.1 Å². The van der Waals surface area contributed by atoms with Crippen LogP contribution < -0.4 is 10.1 Å². The summed E-state index contributed by atoms with van der Waals surface area (Å²) in [5, 5.41) is 3.98.